The van der Waals surface area contributed by atoms with E-state index >= 15 is 0 Å². The van der Waals surface area contributed by atoms with E-state index in [0.29, 0.717) is 12.8 Å². The van der Waals surface area contributed by atoms with Crippen LogP contribution in [0.2, 0.25) is 0 Å². The molecule has 38 heavy (non-hydrogen) atoms. The maximum absolute atomic E-state index is 6.39. The van der Waals surface area contributed by atoms with Crippen LogP contribution in [0.5, 0.6) is 11.5 Å². The number of methoxy groups -OCH3 is 1. The van der Waals surface area contributed by atoms with Gasteiger partial charge in [-0.3, -0.25) is 14.8 Å². The standard InChI is InChI=1S/C30H38N4O2.C2H6/c1-22-9-11-25(12-10-22)34-20-24-18-23(26-6-5-13-31-29(26)30(24)36-21-34)19-32-14-16-33(17-15-32)27-7-3-4-8-28(27)35-2;1-2/h3-8,13,18,22,25H,9-12,14-17,19-21H2,1-2H3;1-2H3. The highest BCUT2D eigenvalue weighted by Gasteiger charge is 2.30. The third-order valence-corrected chi connectivity index (χ3v) is 8.45. The van der Waals surface area contributed by atoms with Crippen molar-refractivity contribution in [3.63, 3.8) is 0 Å². The normalized spacial score (nSPS) is 22.3. The highest BCUT2D eigenvalue weighted by atomic mass is 16.5. The Labute approximate surface area is 228 Å². The van der Waals surface area contributed by atoms with Gasteiger partial charge in [0.05, 0.1) is 12.8 Å². The molecule has 6 nitrogen and oxygen atoms in total. The second kappa shape index (κ2) is 12.4. The Balaban J connectivity index is 0.00000144. The third-order valence-electron chi connectivity index (χ3n) is 8.45. The molecule has 2 aliphatic heterocycles. The molecule has 1 aliphatic carbocycles. The number of piperazine rings is 1. The predicted molar refractivity (Wildman–Crippen MR) is 156 cm³/mol. The van der Waals surface area contributed by atoms with Crippen molar-refractivity contribution in [3.8, 4) is 11.5 Å². The van der Waals surface area contributed by atoms with E-state index in [1.807, 2.05) is 32.2 Å². The van der Waals surface area contributed by atoms with Crippen LogP contribution < -0.4 is 14.4 Å². The van der Waals surface area contributed by atoms with Crippen LogP contribution >= 0.6 is 0 Å². The molecule has 3 aromatic rings. The molecule has 2 aromatic carbocycles. The van der Waals surface area contributed by atoms with Crippen molar-refractivity contribution in [3.05, 3.63) is 59.8 Å². The maximum Gasteiger partial charge on any atom is 0.152 e. The van der Waals surface area contributed by atoms with Crippen LogP contribution in [0, 0.1) is 5.92 Å². The third kappa shape index (κ3) is 5.62. The molecule has 1 saturated heterocycles. The fraction of sp³-hybridized carbons (Fsp3) is 0.531. The number of para-hydroxylation sites is 2. The van der Waals surface area contributed by atoms with Gasteiger partial charge in [-0.15, -0.1) is 0 Å². The Hall–Kier alpha value is -2.83. The summed E-state index contributed by atoms with van der Waals surface area (Å²) in [5.41, 5.74) is 4.88. The fourth-order valence-electron chi connectivity index (χ4n) is 6.29. The van der Waals surface area contributed by atoms with E-state index in [-0.39, 0.29) is 0 Å². The zero-order valence-corrected chi connectivity index (χ0v) is 23.7. The van der Waals surface area contributed by atoms with Gasteiger partial charge in [0.25, 0.3) is 0 Å². The summed E-state index contributed by atoms with van der Waals surface area (Å²) in [4.78, 5) is 12.4. The van der Waals surface area contributed by atoms with E-state index < -0.39 is 0 Å². The van der Waals surface area contributed by atoms with Crippen LogP contribution in [-0.4, -0.2) is 60.8 Å². The van der Waals surface area contributed by atoms with Crippen LogP contribution in [0.15, 0.2) is 48.7 Å². The lowest BCUT2D eigenvalue weighted by atomic mass is 9.86. The van der Waals surface area contributed by atoms with Crippen LogP contribution in [0.1, 0.15) is 57.6 Å². The molecule has 0 radical (unpaired) electrons. The smallest absolute Gasteiger partial charge is 0.152 e. The van der Waals surface area contributed by atoms with E-state index in [1.165, 1.54) is 47.9 Å². The molecular formula is C32H44N4O2. The highest BCUT2D eigenvalue weighted by molar-refractivity contribution is 5.89. The number of aromatic nitrogens is 1. The maximum atomic E-state index is 6.39. The van der Waals surface area contributed by atoms with Gasteiger partial charge < -0.3 is 14.4 Å². The minimum atomic E-state index is 0.639. The monoisotopic (exact) mass is 516 g/mol. The van der Waals surface area contributed by atoms with Crippen LogP contribution in [0.25, 0.3) is 10.9 Å². The van der Waals surface area contributed by atoms with Gasteiger partial charge in [-0.25, -0.2) is 0 Å². The predicted octanol–water partition coefficient (Wildman–Crippen LogP) is 6.32. The molecule has 0 amide bonds. The summed E-state index contributed by atoms with van der Waals surface area (Å²) in [6.45, 7) is 13.0. The average Bonchev–Trinajstić information content (AvgIpc) is 2.99. The van der Waals surface area contributed by atoms with E-state index in [1.54, 1.807) is 7.11 Å². The second-order valence-electron chi connectivity index (χ2n) is 10.8. The van der Waals surface area contributed by atoms with Crippen molar-refractivity contribution in [1.82, 2.24) is 14.8 Å². The first kappa shape index (κ1) is 26.8. The van der Waals surface area contributed by atoms with E-state index in [0.717, 1.165) is 62.2 Å². The molecule has 3 aliphatic rings. The molecule has 0 N–H and O–H groups in total. The molecular weight excluding hydrogens is 472 g/mol. The SMILES string of the molecule is CC.COc1ccccc1N1CCN(Cc2cc3c(c4ncccc24)OCN(C2CCC(C)CC2)C3)CC1. The van der Waals surface area contributed by atoms with Crippen LogP contribution in [-0.2, 0) is 13.1 Å². The minimum absolute atomic E-state index is 0.639. The van der Waals surface area contributed by atoms with Gasteiger partial charge in [-0.1, -0.05) is 39.0 Å². The van der Waals surface area contributed by atoms with Crippen molar-refractivity contribution in [2.45, 2.75) is 65.6 Å². The van der Waals surface area contributed by atoms with Gasteiger partial charge in [0.1, 0.15) is 18.0 Å². The Kier molecular flexibility index (Phi) is 8.70. The summed E-state index contributed by atoms with van der Waals surface area (Å²) in [5, 5.41) is 1.23. The summed E-state index contributed by atoms with van der Waals surface area (Å²) in [7, 11) is 1.75. The van der Waals surface area contributed by atoms with Gasteiger partial charge in [0, 0.05) is 62.5 Å². The van der Waals surface area contributed by atoms with Crippen LogP contribution in [0.3, 0.4) is 0 Å². The quantitative estimate of drug-likeness (QED) is 0.395. The van der Waals surface area contributed by atoms with Crippen molar-refractivity contribution in [1.29, 1.82) is 0 Å². The number of nitrogens with zero attached hydrogens (tertiary/aromatic N) is 4. The number of rotatable bonds is 5. The topological polar surface area (TPSA) is 41.1 Å². The molecule has 1 saturated carbocycles. The van der Waals surface area contributed by atoms with E-state index in [4.69, 9.17) is 14.5 Å². The largest absolute Gasteiger partial charge is 0.495 e. The van der Waals surface area contributed by atoms with Crippen molar-refractivity contribution in [2.75, 3.05) is 44.9 Å². The number of ether oxygens (including phenoxy) is 2. The summed E-state index contributed by atoms with van der Waals surface area (Å²) in [5.74, 6) is 2.81. The van der Waals surface area contributed by atoms with Crippen molar-refractivity contribution >= 4 is 16.6 Å². The number of anilines is 1. The van der Waals surface area contributed by atoms with Crippen molar-refractivity contribution in [2.24, 2.45) is 5.92 Å². The first-order chi connectivity index (χ1) is 18.7. The summed E-state index contributed by atoms with van der Waals surface area (Å²) in [6, 6.07) is 15.6. The molecule has 0 spiro atoms. The zero-order chi connectivity index (χ0) is 26.5. The average molecular weight is 517 g/mol. The lowest BCUT2D eigenvalue weighted by molar-refractivity contribution is 0.0355. The molecule has 204 valence electrons. The van der Waals surface area contributed by atoms with Crippen LogP contribution in [0.4, 0.5) is 5.69 Å². The molecule has 0 atom stereocenters. The van der Waals surface area contributed by atoms with Crippen molar-refractivity contribution < 1.29 is 9.47 Å². The lowest BCUT2D eigenvalue weighted by Gasteiger charge is -2.39. The first-order valence-electron chi connectivity index (χ1n) is 14.6. The van der Waals surface area contributed by atoms with Gasteiger partial charge >= 0.3 is 0 Å². The summed E-state index contributed by atoms with van der Waals surface area (Å²) in [6.07, 6.45) is 7.14. The summed E-state index contributed by atoms with van der Waals surface area (Å²) < 4.78 is 12.0. The fourth-order valence-corrected chi connectivity index (χ4v) is 6.29. The number of hydrogen-bond donors (Lipinski definition) is 0. The lowest BCUT2D eigenvalue weighted by Crippen LogP contribution is -2.46. The molecule has 2 fully saturated rings. The minimum Gasteiger partial charge on any atom is -0.495 e. The van der Waals surface area contributed by atoms with E-state index in [2.05, 4.69) is 52.0 Å². The van der Waals surface area contributed by atoms with Gasteiger partial charge in [0.15, 0.2) is 5.75 Å². The number of benzene rings is 2. The van der Waals surface area contributed by atoms with E-state index in [9.17, 15) is 0 Å². The molecule has 1 aromatic heterocycles. The van der Waals surface area contributed by atoms with Gasteiger partial charge in [-0.2, -0.15) is 0 Å². The second-order valence-corrected chi connectivity index (χ2v) is 10.8. The Bertz CT molecular complexity index is 1200. The molecule has 0 bridgehead atoms. The van der Waals surface area contributed by atoms with Gasteiger partial charge in [0.2, 0.25) is 0 Å². The number of fused-ring (bicyclic) bond motifs is 3. The Morgan fingerprint density at radius 2 is 1.74 bits per heavy atom. The Morgan fingerprint density at radius 3 is 2.50 bits per heavy atom. The molecule has 6 heteroatoms. The van der Waals surface area contributed by atoms with Gasteiger partial charge in [-0.05, 0) is 61.4 Å². The zero-order valence-electron chi connectivity index (χ0n) is 23.7. The molecule has 3 heterocycles. The summed E-state index contributed by atoms with van der Waals surface area (Å²) >= 11 is 0. The Morgan fingerprint density at radius 1 is 0.974 bits per heavy atom. The number of hydrogen-bond acceptors (Lipinski definition) is 6. The first-order valence-corrected chi connectivity index (χ1v) is 14.6. The molecule has 0 unspecified atom stereocenters. The molecule has 6 rings (SSSR count). The highest BCUT2D eigenvalue weighted by Crippen LogP contribution is 2.38. The number of pyridine rings is 1.